The normalized spacial score (nSPS) is 15.2. The zero-order valence-corrected chi connectivity index (χ0v) is 24.3. The molecule has 0 aromatic heterocycles. The van der Waals surface area contributed by atoms with Crippen LogP contribution in [0.2, 0.25) is 0 Å². The van der Waals surface area contributed by atoms with Crippen LogP contribution in [-0.4, -0.2) is 5.78 Å². The molecule has 1 aliphatic carbocycles. The highest BCUT2D eigenvalue weighted by Crippen LogP contribution is 2.53. The monoisotopic (exact) mass is 706 g/mol. The van der Waals surface area contributed by atoms with Gasteiger partial charge in [-0.15, -0.1) is 0 Å². The lowest BCUT2D eigenvalue weighted by atomic mass is 9.78. The largest absolute Gasteiger partial charge is 0.293 e. The average molecular weight is 710 g/mol. The van der Waals surface area contributed by atoms with E-state index in [4.69, 9.17) is 0 Å². The quantitative estimate of drug-likeness (QED) is 0.0872. The Morgan fingerprint density at radius 1 is 0.600 bits per heavy atom. The highest BCUT2D eigenvalue weighted by molar-refractivity contribution is 9.11. The average Bonchev–Trinajstić information content (AvgIpc) is 2.85. The lowest BCUT2D eigenvalue weighted by Crippen LogP contribution is -2.16. The van der Waals surface area contributed by atoms with Crippen molar-refractivity contribution in [3.63, 3.8) is 0 Å². The third-order valence-corrected chi connectivity index (χ3v) is 9.65. The first-order chi connectivity index (χ1) is 16.9. The van der Waals surface area contributed by atoms with Gasteiger partial charge >= 0.3 is 0 Å². The third-order valence-electron chi connectivity index (χ3n) is 7.03. The number of Topliss-reactive ketones (excluding diaryl/α,β-unsaturated/α-hetero) is 1. The number of ketones is 1. The van der Waals surface area contributed by atoms with E-state index in [1.165, 1.54) is 21.5 Å². The van der Waals surface area contributed by atoms with E-state index in [1.807, 2.05) is 18.2 Å². The molecule has 1 atom stereocenters. The zero-order valence-electron chi connectivity index (χ0n) is 18.0. The first-order valence-corrected chi connectivity index (χ1v) is 14.4. The molecule has 0 spiro atoms. The standard InChI is InChI=1S/C30H14Br4O/c31-16-11-21-25(24(33)12-16)22-13-23(32)19-9-14-5-1-2-6-15(14)10-20(19)26(22)27-17-7-3-4-8-18(17)30(35)29(34)28(21)27/h1-13,29H. The van der Waals surface area contributed by atoms with Gasteiger partial charge in [0.25, 0.3) is 0 Å². The van der Waals surface area contributed by atoms with Gasteiger partial charge in [0.05, 0.1) is 0 Å². The number of hydrogen-bond acceptors (Lipinski definition) is 1. The van der Waals surface area contributed by atoms with Crippen LogP contribution in [-0.2, 0) is 0 Å². The van der Waals surface area contributed by atoms with E-state index in [1.54, 1.807) is 0 Å². The SMILES string of the molecule is O=C1c2ccccc2-c2c(c3cc(Br)cc(Br)c3c3cc(Br)c4cc5ccccc5cc4c23)C1Br. The van der Waals surface area contributed by atoms with Gasteiger partial charge in [-0.05, 0) is 84.7 Å². The topological polar surface area (TPSA) is 17.1 Å². The van der Waals surface area contributed by atoms with Gasteiger partial charge in [-0.1, -0.05) is 112 Å². The van der Waals surface area contributed by atoms with Crippen molar-refractivity contribution in [1.82, 2.24) is 0 Å². The van der Waals surface area contributed by atoms with Crippen LogP contribution in [0, 0.1) is 0 Å². The highest BCUT2D eigenvalue weighted by Gasteiger charge is 2.34. The highest BCUT2D eigenvalue weighted by atomic mass is 79.9. The van der Waals surface area contributed by atoms with Crippen molar-refractivity contribution in [2.24, 2.45) is 0 Å². The first kappa shape index (κ1) is 22.2. The third kappa shape index (κ3) is 3.11. The molecule has 0 amide bonds. The van der Waals surface area contributed by atoms with Crippen molar-refractivity contribution < 1.29 is 4.79 Å². The molecule has 0 bridgehead atoms. The van der Waals surface area contributed by atoms with Gasteiger partial charge in [-0.2, -0.15) is 0 Å². The predicted molar refractivity (Wildman–Crippen MR) is 161 cm³/mol. The molecule has 0 N–H and O–H groups in total. The van der Waals surface area contributed by atoms with E-state index in [0.717, 1.165) is 57.2 Å². The Balaban J connectivity index is 1.85. The summed E-state index contributed by atoms with van der Waals surface area (Å²) in [5, 5.41) is 9.21. The van der Waals surface area contributed by atoms with Crippen LogP contribution in [0.3, 0.4) is 0 Å². The Morgan fingerprint density at radius 3 is 2.00 bits per heavy atom. The van der Waals surface area contributed by atoms with E-state index < -0.39 is 4.83 Å². The van der Waals surface area contributed by atoms with Gasteiger partial charge in [0.1, 0.15) is 4.83 Å². The lowest BCUT2D eigenvalue weighted by molar-refractivity contribution is 0.0991. The maximum absolute atomic E-state index is 13.5. The van der Waals surface area contributed by atoms with Crippen LogP contribution in [0.1, 0.15) is 20.7 Å². The molecule has 1 nitrogen and oxygen atoms in total. The molecule has 1 unspecified atom stereocenters. The fourth-order valence-corrected chi connectivity index (χ4v) is 8.31. The molecule has 7 rings (SSSR count). The number of fused-ring (bicyclic) bond motifs is 11. The summed E-state index contributed by atoms with van der Waals surface area (Å²) in [6, 6.07) is 27.4. The molecule has 0 radical (unpaired) electrons. The molecule has 0 heterocycles. The Bertz CT molecular complexity index is 1920. The summed E-state index contributed by atoms with van der Waals surface area (Å²) in [7, 11) is 0. The Morgan fingerprint density at radius 2 is 1.26 bits per heavy atom. The van der Waals surface area contributed by atoms with Crippen molar-refractivity contribution in [2.45, 2.75) is 4.83 Å². The summed E-state index contributed by atoms with van der Waals surface area (Å²) in [4.78, 5) is 13.1. The van der Waals surface area contributed by atoms with Gasteiger partial charge in [-0.25, -0.2) is 0 Å². The maximum atomic E-state index is 13.5. The molecule has 0 aliphatic heterocycles. The maximum Gasteiger partial charge on any atom is 0.181 e. The smallest absolute Gasteiger partial charge is 0.181 e. The van der Waals surface area contributed by atoms with E-state index in [2.05, 4.69) is 124 Å². The Kier molecular flexibility index (Phi) is 5.05. The number of carbonyl (C=O) groups excluding carboxylic acids is 1. The van der Waals surface area contributed by atoms with E-state index in [9.17, 15) is 4.79 Å². The number of hydrogen-bond donors (Lipinski definition) is 0. The number of carbonyl (C=O) groups is 1. The minimum atomic E-state index is -0.431. The summed E-state index contributed by atoms with van der Waals surface area (Å²) in [6.45, 7) is 0. The van der Waals surface area contributed by atoms with Gasteiger partial charge in [-0.3, -0.25) is 4.79 Å². The second kappa shape index (κ2) is 7.97. The number of rotatable bonds is 0. The van der Waals surface area contributed by atoms with E-state index >= 15 is 0 Å². The molecule has 0 saturated heterocycles. The van der Waals surface area contributed by atoms with Crippen LogP contribution in [0.4, 0.5) is 0 Å². The summed E-state index contributed by atoms with van der Waals surface area (Å²) in [6.07, 6.45) is 0. The fourth-order valence-electron chi connectivity index (χ4n) is 5.59. The van der Waals surface area contributed by atoms with Crippen LogP contribution in [0.25, 0.3) is 54.2 Å². The van der Waals surface area contributed by atoms with Crippen molar-refractivity contribution in [3.8, 4) is 11.1 Å². The number of benzene rings is 6. The minimum Gasteiger partial charge on any atom is -0.293 e. The molecule has 168 valence electrons. The van der Waals surface area contributed by atoms with Gasteiger partial charge in [0.2, 0.25) is 0 Å². The second-order valence-corrected chi connectivity index (χ2v) is 12.4. The molecular weight excluding hydrogens is 696 g/mol. The second-order valence-electron chi connectivity index (χ2n) is 8.90. The summed E-state index contributed by atoms with van der Waals surface area (Å²) < 4.78 is 3.01. The molecule has 6 aromatic carbocycles. The molecule has 0 fully saturated rings. The van der Waals surface area contributed by atoms with Crippen molar-refractivity contribution in [1.29, 1.82) is 0 Å². The molecule has 35 heavy (non-hydrogen) atoms. The Hall–Kier alpha value is -2.05. The fraction of sp³-hybridized carbons (Fsp3) is 0.0333. The van der Waals surface area contributed by atoms with E-state index in [0.29, 0.717) is 0 Å². The van der Waals surface area contributed by atoms with Crippen LogP contribution < -0.4 is 0 Å². The van der Waals surface area contributed by atoms with Crippen LogP contribution in [0.15, 0.2) is 92.3 Å². The van der Waals surface area contributed by atoms with Crippen LogP contribution >= 0.6 is 63.7 Å². The summed E-state index contributed by atoms with van der Waals surface area (Å²) >= 11 is 15.2. The van der Waals surface area contributed by atoms with Gasteiger partial charge < -0.3 is 0 Å². The molecule has 0 saturated carbocycles. The Labute approximate surface area is 235 Å². The van der Waals surface area contributed by atoms with Crippen molar-refractivity contribution in [3.05, 3.63) is 103 Å². The zero-order chi connectivity index (χ0) is 24.0. The summed E-state index contributed by atoms with van der Waals surface area (Å²) in [5.41, 5.74) is 3.90. The molecule has 6 aromatic rings. The number of halogens is 4. The van der Waals surface area contributed by atoms with E-state index in [-0.39, 0.29) is 5.78 Å². The minimum absolute atomic E-state index is 0.0942. The van der Waals surface area contributed by atoms with Gasteiger partial charge in [0, 0.05) is 24.4 Å². The lowest BCUT2D eigenvalue weighted by Gasteiger charge is -2.28. The molecular formula is C30H14Br4O. The number of alkyl halides is 1. The van der Waals surface area contributed by atoms with Gasteiger partial charge in [0.15, 0.2) is 5.78 Å². The van der Waals surface area contributed by atoms with Crippen LogP contribution in [0.5, 0.6) is 0 Å². The van der Waals surface area contributed by atoms with Crippen molar-refractivity contribution >= 4 is 113 Å². The first-order valence-electron chi connectivity index (χ1n) is 11.1. The molecule has 1 aliphatic rings. The van der Waals surface area contributed by atoms with Crippen molar-refractivity contribution in [2.75, 3.05) is 0 Å². The molecule has 5 heteroatoms. The summed E-state index contributed by atoms with van der Waals surface area (Å²) in [5.74, 6) is 0.0942. The predicted octanol–water partition coefficient (Wildman–Crippen LogP) is 10.9.